The average Bonchev–Trinajstić information content (AvgIpc) is 3.21. The molecule has 0 aromatic heterocycles. The molecule has 0 radical (unpaired) electrons. The second-order valence-electron chi connectivity index (χ2n) is 8.01. The smallest absolute Gasteiger partial charge is 0.0718 e. The quantitative estimate of drug-likeness (QED) is 0.163. The highest BCUT2D eigenvalue weighted by Crippen LogP contribution is 2.20. The molecule has 0 aromatic carbocycles. The second kappa shape index (κ2) is 24.3. The first-order valence-corrected chi connectivity index (χ1v) is 12.6. The summed E-state index contributed by atoms with van der Waals surface area (Å²) in [7, 11) is 3.82. The molecule has 0 aromatic rings. The summed E-state index contributed by atoms with van der Waals surface area (Å²) < 4.78 is 48.9. The van der Waals surface area contributed by atoms with Gasteiger partial charge in [-0.05, 0) is 19.9 Å². The molecule has 10 nitrogen and oxygen atoms in total. The van der Waals surface area contributed by atoms with Crippen molar-refractivity contribution in [3.8, 4) is 0 Å². The third-order valence-electron chi connectivity index (χ3n) is 5.37. The number of likely N-dealkylation sites (N-methyl/N-ethyl adjacent to an activating group) is 1. The van der Waals surface area contributed by atoms with Crippen LogP contribution in [0, 0.1) is 0 Å². The van der Waals surface area contributed by atoms with Crippen molar-refractivity contribution in [1.29, 1.82) is 0 Å². The van der Waals surface area contributed by atoms with Crippen molar-refractivity contribution in [3.05, 3.63) is 0 Å². The molecule has 1 saturated heterocycles. The lowest BCUT2D eigenvalue weighted by Crippen LogP contribution is -2.24. The van der Waals surface area contributed by atoms with E-state index in [-0.39, 0.29) is 0 Å². The minimum Gasteiger partial charge on any atom is -0.382 e. The minimum atomic E-state index is 0.338. The molecule has 1 aliphatic heterocycles. The molecule has 1 aliphatic rings. The molecule has 0 spiro atoms. The predicted octanol–water partition coefficient (Wildman–Crippen LogP) is 1.25. The van der Waals surface area contributed by atoms with Crippen LogP contribution in [-0.2, 0) is 42.6 Å². The SMILES string of the molecule is CC[C@@H]1C[C@@H](OCCOCCOCCOCCOCCOCCOCCOCCOC)CN1C. The van der Waals surface area contributed by atoms with Gasteiger partial charge in [0.1, 0.15) is 0 Å². The molecule has 0 unspecified atom stereocenters. The van der Waals surface area contributed by atoms with Crippen molar-refractivity contribution < 1.29 is 42.6 Å². The van der Waals surface area contributed by atoms with E-state index in [1.807, 2.05) is 0 Å². The van der Waals surface area contributed by atoms with Gasteiger partial charge in [-0.25, -0.2) is 0 Å². The number of nitrogens with zero attached hydrogens (tertiary/aromatic N) is 1. The van der Waals surface area contributed by atoms with E-state index in [9.17, 15) is 0 Å². The van der Waals surface area contributed by atoms with Gasteiger partial charge in [0.15, 0.2) is 0 Å². The van der Waals surface area contributed by atoms with Crippen LogP contribution in [0.25, 0.3) is 0 Å². The fourth-order valence-corrected chi connectivity index (χ4v) is 3.46. The van der Waals surface area contributed by atoms with Crippen LogP contribution in [-0.4, -0.2) is 143 Å². The summed E-state index contributed by atoms with van der Waals surface area (Å²) in [6, 6.07) is 0.654. The number of rotatable bonds is 26. The highest BCUT2D eigenvalue weighted by atomic mass is 16.6. The molecule has 0 aliphatic carbocycles. The molecule has 2 atom stereocenters. The summed E-state index contributed by atoms with van der Waals surface area (Å²) in [4.78, 5) is 2.38. The molecule has 34 heavy (non-hydrogen) atoms. The van der Waals surface area contributed by atoms with Crippen LogP contribution in [0.3, 0.4) is 0 Å². The Bertz CT molecular complexity index is 420. The second-order valence-corrected chi connectivity index (χ2v) is 8.01. The number of hydrogen-bond donors (Lipinski definition) is 0. The summed E-state index contributed by atoms with van der Waals surface area (Å²) in [5.74, 6) is 0. The molecule has 10 heteroatoms. The van der Waals surface area contributed by atoms with Gasteiger partial charge in [0.2, 0.25) is 0 Å². The highest BCUT2D eigenvalue weighted by molar-refractivity contribution is 4.82. The Morgan fingerprint density at radius 2 is 0.912 bits per heavy atom. The number of likely N-dealkylation sites (tertiary alicyclic amines) is 1. The van der Waals surface area contributed by atoms with Gasteiger partial charge >= 0.3 is 0 Å². The van der Waals surface area contributed by atoms with Gasteiger partial charge < -0.3 is 47.5 Å². The van der Waals surface area contributed by atoms with Gasteiger partial charge in [0, 0.05) is 19.7 Å². The van der Waals surface area contributed by atoms with Crippen LogP contribution in [0.2, 0.25) is 0 Å². The van der Waals surface area contributed by atoms with E-state index < -0.39 is 0 Å². The standard InChI is InChI=1S/C24H49NO9/c1-4-23-21-24(22-25(23)2)34-20-19-33-18-17-32-16-15-31-14-13-30-12-11-29-10-9-28-8-7-27-6-5-26-3/h23-24H,4-22H2,1-3H3/t23-,24-/m1/s1. The van der Waals surface area contributed by atoms with Crippen molar-refractivity contribution in [2.45, 2.75) is 31.9 Å². The van der Waals surface area contributed by atoms with E-state index in [1.54, 1.807) is 7.11 Å². The van der Waals surface area contributed by atoms with E-state index >= 15 is 0 Å². The molecule has 0 bridgehead atoms. The van der Waals surface area contributed by atoms with Crippen molar-refractivity contribution in [1.82, 2.24) is 4.90 Å². The maximum absolute atomic E-state index is 5.89. The molecule has 204 valence electrons. The highest BCUT2D eigenvalue weighted by Gasteiger charge is 2.28. The molecule has 1 heterocycles. The number of hydrogen-bond acceptors (Lipinski definition) is 10. The summed E-state index contributed by atoms with van der Waals surface area (Å²) in [5.41, 5.74) is 0. The maximum Gasteiger partial charge on any atom is 0.0718 e. The zero-order chi connectivity index (χ0) is 24.5. The Morgan fingerprint density at radius 3 is 1.24 bits per heavy atom. The predicted molar refractivity (Wildman–Crippen MR) is 129 cm³/mol. The average molecular weight is 496 g/mol. The van der Waals surface area contributed by atoms with E-state index in [1.165, 1.54) is 6.42 Å². The Labute approximate surface area is 206 Å². The van der Waals surface area contributed by atoms with Gasteiger partial charge in [-0.2, -0.15) is 0 Å². The third kappa shape index (κ3) is 18.9. The first kappa shape index (κ1) is 31.6. The monoisotopic (exact) mass is 495 g/mol. The van der Waals surface area contributed by atoms with Crippen LogP contribution in [0.5, 0.6) is 0 Å². The molecular formula is C24H49NO9. The Hall–Kier alpha value is -0.400. The first-order valence-electron chi connectivity index (χ1n) is 12.6. The van der Waals surface area contributed by atoms with E-state index in [0.717, 1.165) is 13.0 Å². The van der Waals surface area contributed by atoms with Crippen molar-refractivity contribution in [3.63, 3.8) is 0 Å². The normalized spacial score (nSPS) is 18.8. The van der Waals surface area contributed by atoms with Crippen molar-refractivity contribution in [2.24, 2.45) is 0 Å². The van der Waals surface area contributed by atoms with Crippen molar-refractivity contribution in [2.75, 3.05) is 126 Å². The largest absolute Gasteiger partial charge is 0.382 e. The molecule has 1 fully saturated rings. The van der Waals surface area contributed by atoms with Gasteiger partial charge in [-0.3, -0.25) is 0 Å². The van der Waals surface area contributed by atoms with Crippen LogP contribution in [0.1, 0.15) is 19.8 Å². The van der Waals surface area contributed by atoms with Gasteiger partial charge in [-0.15, -0.1) is 0 Å². The summed E-state index contributed by atoms with van der Waals surface area (Å²) >= 11 is 0. The third-order valence-corrected chi connectivity index (χ3v) is 5.37. The Balaban J connectivity index is 1.66. The lowest BCUT2D eigenvalue weighted by atomic mass is 10.1. The van der Waals surface area contributed by atoms with E-state index in [4.69, 9.17) is 42.6 Å². The van der Waals surface area contributed by atoms with Gasteiger partial charge in [-0.1, -0.05) is 6.92 Å². The fraction of sp³-hybridized carbons (Fsp3) is 1.00. The number of methoxy groups -OCH3 is 1. The first-order chi connectivity index (χ1) is 16.8. The van der Waals surface area contributed by atoms with Crippen LogP contribution >= 0.6 is 0 Å². The molecule has 0 N–H and O–H groups in total. The lowest BCUT2D eigenvalue weighted by Gasteiger charge is -2.15. The van der Waals surface area contributed by atoms with Crippen LogP contribution in [0.4, 0.5) is 0 Å². The lowest BCUT2D eigenvalue weighted by molar-refractivity contribution is -0.0276. The van der Waals surface area contributed by atoms with Crippen LogP contribution < -0.4 is 0 Å². The Kier molecular flexibility index (Phi) is 22.6. The zero-order valence-electron chi connectivity index (χ0n) is 21.7. The summed E-state index contributed by atoms with van der Waals surface area (Å²) in [5, 5.41) is 0. The Morgan fingerprint density at radius 1 is 0.559 bits per heavy atom. The van der Waals surface area contributed by atoms with Gasteiger partial charge in [0.05, 0.1) is 112 Å². The summed E-state index contributed by atoms with van der Waals surface area (Å²) in [6.07, 6.45) is 2.64. The molecule has 0 saturated carbocycles. The number of ether oxygens (including phenoxy) is 9. The molecule has 0 amide bonds. The van der Waals surface area contributed by atoms with Gasteiger partial charge in [0.25, 0.3) is 0 Å². The fourth-order valence-electron chi connectivity index (χ4n) is 3.46. The van der Waals surface area contributed by atoms with E-state index in [2.05, 4.69) is 18.9 Å². The van der Waals surface area contributed by atoms with Crippen molar-refractivity contribution >= 4 is 0 Å². The summed E-state index contributed by atoms with van der Waals surface area (Å²) in [6.45, 7) is 12.3. The van der Waals surface area contributed by atoms with E-state index in [0.29, 0.717) is 118 Å². The maximum atomic E-state index is 5.89. The van der Waals surface area contributed by atoms with Crippen LogP contribution in [0.15, 0.2) is 0 Å². The topological polar surface area (TPSA) is 86.3 Å². The minimum absolute atomic E-state index is 0.338. The molecular weight excluding hydrogens is 446 g/mol. The zero-order valence-corrected chi connectivity index (χ0v) is 21.7. The molecule has 1 rings (SSSR count).